The maximum atomic E-state index is 13.1. The molecule has 1 fully saturated rings. The van der Waals surface area contributed by atoms with Crippen molar-refractivity contribution in [2.75, 3.05) is 5.32 Å². The normalized spacial score (nSPS) is 15.2. The van der Waals surface area contributed by atoms with Crippen LogP contribution in [0.5, 0.6) is 0 Å². The van der Waals surface area contributed by atoms with Gasteiger partial charge >= 0.3 is 0 Å². The Kier molecular flexibility index (Phi) is 6.41. The second kappa shape index (κ2) is 8.62. The predicted molar refractivity (Wildman–Crippen MR) is 112 cm³/mol. The molecule has 0 aliphatic heterocycles. The van der Waals surface area contributed by atoms with Gasteiger partial charge in [0, 0.05) is 26.8 Å². The van der Waals surface area contributed by atoms with Gasteiger partial charge in [-0.2, -0.15) is 5.26 Å². The standard InChI is InChI=1S/C19H16Cl3N3O2S/c20-12-4-6-17(7-5-12)28(26,27)18(11-23)19(24-15-2-1-3-15)25-16-9-13(21)8-14(22)10-16/h4-10,15,24-25H,1-3H2. The highest BCUT2D eigenvalue weighted by Crippen LogP contribution is 2.28. The summed E-state index contributed by atoms with van der Waals surface area (Å²) >= 11 is 17.9. The van der Waals surface area contributed by atoms with Crippen LogP contribution in [0, 0.1) is 11.3 Å². The number of anilines is 1. The Morgan fingerprint density at radius 1 is 1.00 bits per heavy atom. The molecule has 1 aliphatic carbocycles. The van der Waals surface area contributed by atoms with E-state index in [1.54, 1.807) is 18.2 Å². The van der Waals surface area contributed by atoms with Gasteiger partial charge in [-0.05, 0) is 61.7 Å². The maximum Gasteiger partial charge on any atom is 0.220 e. The van der Waals surface area contributed by atoms with Crippen molar-refractivity contribution in [2.24, 2.45) is 0 Å². The van der Waals surface area contributed by atoms with E-state index in [-0.39, 0.29) is 16.8 Å². The largest absolute Gasteiger partial charge is 0.367 e. The SMILES string of the molecule is N#CC(=C(Nc1cc(Cl)cc(Cl)c1)NC1CCC1)S(=O)(=O)c1ccc(Cl)cc1. The molecule has 0 heterocycles. The van der Waals surface area contributed by atoms with Crippen molar-refractivity contribution in [3.8, 4) is 6.07 Å². The molecule has 9 heteroatoms. The molecular weight excluding hydrogens is 441 g/mol. The number of sulfone groups is 1. The summed E-state index contributed by atoms with van der Waals surface area (Å²) in [6, 6.07) is 12.3. The number of rotatable bonds is 6. The highest BCUT2D eigenvalue weighted by atomic mass is 35.5. The molecule has 3 rings (SSSR count). The van der Waals surface area contributed by atoms with E-state index in [2.05, 4.69) is 10.6 Å². The van der Waals surface area contributed by atoms with Gasteiger partial charge in [0.15, 0.2) is 4.91 Å². The van der Waals surface area contributed by atoms with Crippen LogP contribution in [0.25, 0.3) is 0 Å². The van der Waals surface area contributed by atoms with Gasteiger partial charge in [-0.15, -0.1) is 0 Å². The van der Waals surface area contributed by atoms with E-state index in [0.29, 0.717) is 20.8 Å². The van der Waals surface area contributed by atoms with Gasteiger partial charge < -0.3 is 10.6 Å². The van der Waals surface area contributed by atoms with Crippen LogP contribution in [-0.2, 0) is 9.84 Å². The van der Waals surface area contributed by atoms with E-state index in [0.717, 1.165) is 19.3 Å². The first kappa shape index (κ1) is 20.8. The lowest BCUT2D eigenvalue weighted by atomic mass is 9.93. The summed E-state index contributed by atoms with van der Waals surface area (Å²) in [6.45, 7) is 0. The highest BCUT2D eigenvalue weighted by molar-refractivity contribution is 7.95. The van der Waals surface area contributed by atoms with E-state index < -0.39 is 14.7 Å². The third-order valence-electron chi connectivity index (χ3n) is 4.31. The fraction of sp³-hybridized carbons (Fsp3) is 0.211. The quantitative estimate of drug-likeness (QED) is 0.571. The van der Waals surface area contributed by atoms with Crippen molar-refractivity contribution in [2.45, 2.75) is 30.2 Å². The fourth-order valence-electron chi connectivity index (χ4n) is 2.67. The van der Waals surface area contributed by atoms with Crippen LogP contribution in [0.15, 0.2) is 58.1 Å². The zero-order valence-corrected chi connectivity index (χ0v) is 17.6. The molecule has 0 bridgehead atoms. The lowest BCUT2D eigenvalue weighted by Crippen LogP contribution is -2.38. The molecule has 146 valence electrons. The van der Waals surface area contributed by atoms with E-state index in [4.69, 9.17) is 34.8 Å². The second-order valence-electron chi connectivity index (χ2n) is 6.33. The summed E-state index contributed by atoms with van der Waals surface area (Å²) in [6.07, 6.45) is 2.82. The number of allylic oxidation sites excluding steroid dienone is 1. The Balaban J connectivity index is 2.07. The van der Waals surface area contributed by atoms with Crippen molar-refractivity contribution >= 4 is 50.3 Å². The number of hydrogen-bond donors (Lipinski definition) is 2. The van der Waals surface area contributed by atoms with Crippen molar-refractivity contribution in [1.82, 2.24) is 5.32 Å². The van der Waals surface area contributed by atoms with Crippen LogP contribution in [0.1, 0.15) is 19.3 Å². The van der Waals surface area contributed by atoms with Gasteiger partial charge in [0.05, 0.1) is 4.90 Å². The molecule has 0 aromatic heterocycles. The smallest absolute Gasteiger partial charge is 0.220 e. The van der Waals surface area contributed by atoms with Gasteiger partial charge in [0.25, 0.3) is 0 Å². The molecule has 0 amide bonds. The van der Waals surface area contributed by atoms with Crippen molar-refractivity contribution in [3.63, 3.8) is 0 Å². The number of hydrogen-bond acceptors (Lipinski definition) is 5. The minimum Gasteiger partial charge on any atom is -0.367 e. The molecule has 2 aromatic carbocycles. The molecule has 1 aliphatic rings. The first-order chi connectivity index (χ1) is 13.3. The summed E-state index contributed by atoms with van der Waals surface area (Å²) in [5.74, 6) is 0.0977. The number of nitrogens with one attached hydrogen (secondary N) is 2. The fourth-order valence-corrected chi connectivity index (χ4v) is 4.55. The molecule has 5 nitrogen and oxygen atoms in total. The van der Waals surface area contributed by atoms with Gasteiger partial charge in [0.2, 0.25) is 9.84 Å². The van der Waals surface area contributed by atoms with Gasteiger partial charge in [-0.3, -0.25) is 0 Å². The monoisotopic (exact) mass is 455 g/mol. The van der Waals surface area contributed by atoms with Crippen molar-refractivity contribution in [3.05, 3.63) is 68.3 Å². The Morgan fingerprint density at radius 3 is 2.11 bits per heavy atom. The Morgan fingerprint density at radius 2 is 1.61 bits per heavy atom. The summed E-state index contributed by atoms with van der Waals surface area (Å²) in [4.78, 5) is -0.440. The van der Waals surface area contributed by atoms with Gasteiger partial charge in [-0.1, -0.05) is 34.8 Å². The average molecular weight is 457 g/mol. The topological polar surface area (TPSA) is 82.0 Å². The number of nitriles is 1. The highest BCUT2D eigenvalue weighted by Gasteiger charge is 2.28. The first-order valence-electron chi connectivity index (χ1n) is 8.44. The third-order valence-corrected chi connectivity index (χ3v) is 6.72. The summed E-state index contributed by atoms with van der Waals surface area (Å²) < 4.78 is 26.1. The zero-order chi connectivity index (χ0) is 20.3. The Labute approximate surface area is 178 Å². The first-order valence-corrected chi connectivity index (χ1v) is 11.1. The van der Waals surface area contributed by atoms with E-state index >= 15 is 0 Å². The molecule has 0 atom stereocenters. The van der Waals surface area contributed by atoms with Crippen LogP contribution < -0.4 is 10.6 Å². The maximum absolute atomic E-state index is 13.1. The van der Waals surface area contributed by atoms with Crippen LogP contribution in [-0.4, -0.2) is 14.5 Å². The Hall–Kier alpha value is -1.91. The third kappa shape index (κ3) is 4.73. The van der Waals surface area contributed by atoms with Crippen LogP contribution in [0.4, 0.5) is 5.69 Å². The number of halogens is 3. The van der Waals surface area contributed by atoms with Crippen molar-refractivity contribution in [1.29, 1.82) is 5.26 Å². The average Bonchev–Trinajstić information content (AvgIpc) is 2.57. The lowest BCUT2D eigenvalue weighted by molar-refractivity contribution is 0.365. The number of benzene rings is 2. The van der Waals surface area contributed by atoms with Gasteiger partial charge in [-0.25, -0.2) is 8.42 Å². The molecule has 0 spiro atoms. The molecule has 2 aromatic rings. The summed E-state index contributed by atoms with van der Waals surface area (Å²) in [5.41, 5.74) is 0.471. The van der Waals surface area contributed by atoms with E-state index in [1.165, 1.54) is 24.3 Å². The molecular formula is C19H16Cl3N3O2S. The molecule has 0 saturated heterocycles. The zero-order valence-electron chi connectivity index (χ0n) is 14.5. The molecule has 0 radical (unpaired) electrons. The predicted octanol–water partition coefficient (Wildman–Crippen LogP) is 5.37. The van der Waals surface area contributed by atoms with Gasteiger partial charge in [0.1, 0.15) is 11.9 Å². The molecule has 28 heavy (non-hydrogen) atoms. The number of nitrogens with zero attached hydrogens (tertiary/aromatic N) is 1. The summed E-state index contributed by atoms with van der Waals surface area (Å²) in [7, 11) is -4.07. The van der Waals surface area contributed by atoms with Crippen LogP contribution in [0.2, 0.25) is 15.1 Å². The van der Waals surface area contributed by atoms with Crippen LogP contribution >= 0.6 is 34.8 Å². The molecule has 1 saturated carbocycles. The Bertz CT molecular complexity index is 1040. The van der Waals surface area contributed by atoms with Crippen LogP contribution in [0.3, 0.4) is 0 Å². The summed E-state index contributed by atoms with van der Waals surface area (Å²) in [5, 5.41) is 17.0. The van der Waals surface area contributed by atoms with E-state index in [9.17, 15) is 13.7 Å². The minimum absolute atomic E-state index is 0.0210. The van der Waals surface area contributed by atoms with E-state index in [1.807, 2.05) is 6.07 Å². The molecule has 2 N–H and O–H groups in total. The minimum atomic E-state index is -4.07. The molecule has 0 unspecified atom stereocenters. The van der Waals surface area contributed by atoms with Crippen molar-refractivity contribution < 1.29 is 8.42 Å². The lowest BCUT2D eigenvalue weighted by Gasteiger charge is -2.29. The second-order valence-corrected chi connectivity index (χ2v) is 9.52.